The Labute approximate surface area is 82.2 Å². The molecule has 0 aliphatic rings. The fourth-order valence-corrected chi connectivity index (χ4v) is 1.02. The van der Waals surface area contributed by atoms with Gasteiger partial charge in [-0.1, -0.05) is 11.6 Å². The first-order chi connectivity index (χ1) is 6.09. The van der Waals surface area contributed by atoms with Gasteiger partial charge in [-0.15, -0.1) is 0 Å². The van der Waals surface area contributed by atoms with E-state index in [1.807, 2.05) is 0 Å². The van der Waals surface area contributed by atoms with Crippen LogP contribution in [0.3, 0.4) is 0 Å². The molecule has 1 rings (SSSR count). The van der Waals surface area contributed by atoms with Crippen molar-refractivity contribution < 1.29 is 13.6 Å². The average Bonchev–Trinajstić information content (AvgIpc) is 2.08. The van der Waals surface area contributed by atoms with Crippen LogP contribution in [0.2, 0.25) is 5.02 Å². The molecule has 0 heterocycles. The number of halogens is 1. The van der Waals surface area contributed by atoms with Crippen LogP contribution in [0.4, 0.5) is 10.5 Å². The molecule has 0 radical (unpaired) electrons. The molecular weight excluding hydrogens is 214 g/mol. The molecule has 1 aromatic rings. The molecule has 0 bridgehead atoms. The third-order valence-corrected chi connectivity index (χ3v) is 1.90. The number of anilines is 1. The van der Waals surface area contributed by atoms with Crippen LogP contribution in [0.5, 0.6) is 0 Å². The monoisotopic (exact) mass is 218 g/mol. The molecule has 0 spiro atoms. The van der Waals surface area contributed by atoms with Crippen LogP contribution in [0, 0.1) is 0 Å². The number of benzene rings is 1. The summed E-state index contributed by atoms with van der Waals surface area (Å²) in [4.78, 5) is 10.6. The van der Waals surface area contributed by atoms with Crippen molar-refractivity contribution in [3.05, 3.63) is 29.3 Å². The van der Waals surface area contributed by atoms with E-state index >= 15 is 0 Å². The Hall–Kier alpha value is -0.910. The van der Waals surface area contributed by atoms with E-state index in [4.69, 9.17) is 11.6 Å². The van der Waals surface area contributed by atoms with Crippen molar-refractivity contribution >= 4 is 33.6 Å². The van der Waals surface area contributed by atoms with Crippen molar-refractivity contribution in [1.29, 1.82) is 0 Å². The Morgan fingerprint density at radius 2 is 1.92 bits per heavy atom. The third-order valence-electron chi connectivity index (χ3n) is 1.24. The van der Waals surface area contributed by atoms with Gasteiger partial charge in [-0.05, 0) is 24.3 Å². The predicted octanol–water partition coefficient (Wildman–Crippen LogP) is 1.75. The van der Waals surface area contributed by atoms with Gasteiger partial charge >= 0.3 is 0 Å². The minimum absolute atomic E-state index is 0.388. The van der Waals surface area contributed by atoms with Crippen LogP contribution >= 0.6 is 11.6 Å². The second-order valence-electron chi connectivity index (χ2n) is 2.15. The summed E-state index contributed by atoms with van der Waals surface area (Å²) in [5.74, 6) is 0. The second kappa shape index (κ2) is 4.36. The Kier molecular flexibility index (Phi) is 3.41. The lowest BCUT2D eigenvalue weighted by atomic mass is 10.3. The summed E-state index contributed by atoms with van der Waals surface area (Å²) in [6.07, 6.45) is 0. The summed E-state index contributed by atoms with van der Waals surface area (Å²) in [7, 11) is 0. The largest absolute Gasteiger partial charge is 0.765 e. The number of carbonyl (C=O) groups is 1. The SMILES string of the molecule is O=C(Nc1ccc(Cl)cc1)S(=O)[O-]. The minimum atomic E-state index is -2.75. The molecule has 0 aromatic heterocycles. The highest BCUT2D eigenvalue weighted by atomic mass is 35.5. The molecule has 1 N–H and O–H groups in total. The first kappa shape index (κ1) is 10.2. The van der Waals surface area contributed by atoms with E-state index in [1.165, 1.54) is 12.1 Å². The molecule has 1 aromatic carbocycles. The molecular formula is C7H5ClNO3S-. The fraction of sp³-hybridized carbons (Fsp3) is 0. The van der Waals surface area contributed by atoms with Gasteiger partial charge in [0.2, 0.25) is 0 Å². The summed E-state index contributed by atoms with van der Waals surface area (Å²) in [5.41, 5.74) is 0.388. The quantitative estimate of drug-likeness (QED) is 0.730. The van der Waals surface area contributed by atoms with E-state index in [1.54, 1.807) is 12.1 Å². The van der Waals surface area contributed by atoms with Gasteiger partial charge in [-0.2, -0.15) is 0 Å². The van der Waals surface area contributed by atoms with E-state index in [9.17, 15) is 13.6 Å². The maximum atomic E-state index is 10.6. The number of rotatable bonds is 1. The molecule has 6 heteroatoms. The van der Waals surface area contributed by atoms with Crippen molar-refractivity contribution in [3.8, 4) is 0 Å². The Morgan fingerprint density at radius 1 is 1.38 bits per heavy atom. The first-order valence-electron chi connectivity index (χ1n) is 3.25. The first-order valence-corrected chi connectivity index (χ1v) is 4.70. The van der Waals surface area contributed by atoms with E-state index in [0.29, 0.717) is 10.7 Å². The third kappa shape index (κ3) is 3.14. The highest BCUT2D eigenvalue weighted by Crippen LogP contribution is 2.13. The maximum absolute atomic E-state index is 10.6. The lowest BCUT2D eigenvalue weighted by molar-refractivity contribution is 0.267. The summed E-state index contributed by atoms with van der Waals surface area (Å²) in [5, 5.41) is 1.61. The number of nitrogens with one attached hydrogen (secondary N) is 1. The molecule has 4 nitrogen and oxygen atoms in total. The molecule has 13 heavy (non-hydrogen) atoms. The van der Waals surface area contributed by atoms with Crippen LogP contribution in [0.25, 0.3) is 0 Å². The second-order valence-corrected chi connectivity index (χ2v) is 3.43. The van der Waals surface area contributed by atoms with Gasteiger partial charge in [-0.25, -0.2) is 0 Å². The zero-order valence-electron chi connectivity index (χ0n) is 6.32. The molecule has 1 amide bonds. The van der Waals surface area contributed by atoms with Crippen LogP contribution in [-0.2, 0) is 11.1 Å². The molecule has 0 saturated carbocycles. The number of hydrogen-bond acceptors (Lipinski definition) is 3. The van der Waals surface area contributed by atoms with Crippen LogP contribution in [0.1, 0.15) is 0 Å². The number of carbonyl (C=O) groups excluding carboxylic acids is 1. The Morgan fingerprint density at radius 3 is 2.38 bits per heavy atom. The summed E-state index contributed by atoms with van der Waals surface area (Å²) in [6, 6.07) is 6.11. The topological polar surface area (TPSA) is 69.2 Å². The highest BCUT2D eigenvalue weighted by Gasteiger charge is 2.00. The van der Waals surface area contributed by atoms with E-state index < -0.39 is 16.3 Å². The van der Waals surface area contributed by atoms with Crippen LogP contribution < -0.4 is 5.32 Å². The highest BCUT2D eigenvalue weighted by molar-refractivity contribution is 7.95. The maximum Gasteiger partial charge on any atom is 0.300 e. The van der Waals surface area contributed by atoms with Gasteiger partial charge in [0.1, 0.15) is 0 Å². The Bertz CT molecular complexity index is 338. The summed E-state index contributed by atoms with van der Waals surface area (Å²) in [6.45, 7) is 0. The van der Waals surface area contributed by atoms with E-state index in [2.05, 4.69) is 5.32 Å². The van der Waals surface area contributed by atoms with Gasteiger partial charge < -0.3 is 9.87 Å². The number of amides is 1. The molecule has 70 valence electrons. The molecule has 1 unspecified atom stereocenters. The average molecular weight is 219 g/mol. The van der Waals surface area contributed by atoms with Crippen LogP contribution in [-0.4, -0.2) is 14.0 Å². The van der Waals surface area contributed by atoms with Crippen molar-refractivity contribution in [2.75, 3.05) is 5.32 Å². The molecule has 1 atom stereocenters. The van der Waals surface area contributed by atoms with Crippen molar-refractivity contribution in [2.45, 2.75) is 0 Å². The molecule has 0 fully saturated rings. The smallest absolute Gasteiger partial charge is 0.300 e. The zero-order valence-corrected chi connectivity index (χ0v) is 7.89. The van der Waals surface area contributed by atoms with Gasteiger partial charge in [0, 0.05) is 21.8 Å². The van der Waals surface area contributed by atoms with Gasteiger partial charge in [0.05, 0.1) is 0 Å². The van der Waals surface area contributed by atoms with Crippen molar-refractivity contribution in [1.82, 2.24) is 0 Å². The Balaban J connectivity index is 2.70. The van der Waals surface area contributed by atoms with Gasteiger partial charge in [0.15, 0.2) is 0 Å². The van der Waals surface area contributed by atoms with Crippen molar-refractivity contribution in [2.24, 2.45) is 0 Å². The zero-order chi connectivity index (χ0) is 9.84. The van der Waals surface area contributed by atoms with E-state index in [0.717, 1.165) is 0 Å². The standard InChI is InChI=1S/C7H6ClNO3S/c8-5-1-3-6(4-2-5)9-7(10)13(11)12/h1-4H,(H,9,10)(H,11,12)/p-1. The normalized spacial score (nSPS) is 12.2. The van der Waals surface area contributed by atoms with Gasteiger partial charge in [0.25, 0.3) is 5.24 Å². The van der Waals surface area contributed by atoms with Crippen LogP contribution in [0.15, 0.2) is 24.3 Å². The van der Waals surface area contributed by atoms with E-state index in [-0.39, 0.29) is 0 Å². The van der Waals surface area contributed by atoms with Crippen molar-refractivity contribution in [3.63, 3.8) is 0 Å². The lowest BCUT2D eigenvalue weighted by Gasteiger charge is -2.06. The molecule has 0 saturated heterocycles. The fourth-order valence-electron chi connectivity index (χ4n) is 0.693. The van der Waals surface area contributed by atoms with Gasteiger partial charge in [-0.3, -0.25) is 9.00 Å². The molecule has 0 aliphatic carbocycles. The lowest BCUT2D eigenvalue weighted by Crippen LogP contribution is -2.14. The predicted molar refractivity (Wildman–Crippen MR) is 49.4 cm³/mol. The summed E-state index contributed by atoms with van der Waals surface area (Å²) < 4.78 is 20.3. The number of hydrogen-bond donors (Lipinski definition) is 1. The molecule has 0 aliphatic heterocycles. The minimum Gasteiger partial charge on any atom is -0.765 e. The summed E-state index contributed by atoms with van der Waals surface area (Å²) >= 11 is 2.83.